The molecule has 0 unspecified atom stereocenters. The van der Waals surface area contributed by atoms with Crippen molar-refractivity contribution in [2.75, 3.05) is 5.32 Å². The Kier molecular flexibility index (Phi) is 4.59. The van der Waals surface area contributed by atoms with Crippen molar-refractivity contribution >= 4 is 33.5 Å². The lowest BCUT2D eigenvalue weighted by Crippen LogP contribution is -2.37. The van der Waals surface area contributed by atoms with Crippen LogP contribution in [0.15, 0.2) is 45.6 Å². The molecule has 4 rings (SSSR count). The molecule has 148 valence electrons. The first kappa shape index (κ1) is 18.7. The van der Waals surface area contributed by atoms with Gasteiger partial charge in [-0.25, -0.2) is 19.2 Å². The number of anilines is 1. The van der Waals surface area contributed by atoms with E-state index in [1.807, 2.05) is 0 Å². The highest BCUT2D eigenvalue weighted by atomic mass is 32.1. The number of imidazole rings is 1. The van der Waals surface area contributed by atoms with Gasteiger partial charge < -0.3 is 9.88 Å². The predicted octanol–water partition coefficient (Wildman–Crippen LogP) is 1.33. The Morgan fingerprint density at radius 2 is 1.90 bits per heavy atom. The van der Waals surface area contributed by atoms with Crippen LogP contribution in [0.1, 0.15) is 0 Å². The number of carbonyl (C=O) groups is 1. The smallest absolute Gasteiger partial charge is 0.315 e. The van der Waals surface area contributed by atoms with Gasteiger partial charge in [0.05, 0.1) is 12.0 Å². The Morgan fingerprint density at radius 3 is 2.62 bits per heavy atom. The number of carbonyl (C=O) groups excluding carboxylic acids is 1. The van der Waals surface area contributed by atoms with E-state index in [4.69, 9.17) is 0 Å². The summed E-state index contributed by atoms with van der Waals surface area (Å²) in [5.74, 6) is -0.742. The summed E-state index contributed by atoms with van der Waals surface area (Å²) in [5, 5.41) is 4.80. The Balaban J connectivity index is 1.56. The number of thiazole rings is 1. The molecule has 1 amide bonds. The van der Waals surface area contributed by atoms with Crippen molar-refractivity contribution in [3.05, 3.63) is 62.6 Å². The van der Waals surface area contributed by atoms with Crippen molar-refractivity contribution in [1.29, 1.82) is 0 Å². The molecule has 0 fully saturated rings. The van der Waals surface area contributed by atoms with Crippen molar-refractivity contribution in [2.24, 2.45) is 14.1 Å². The van der Waals surface area contributed by atoms with Gasteiger partial charge in [-0.3, -0.25) is 18.7 Å². The highest BCUT2D eigenvalue weighted by Gasteiger charge is 2.16. The summed E-state index contributed by atoms with van der Waals surface area (Å²) in [6.07, 6.45) is 1.34. The molecule has 0 aliphatic rings. The molecule has 3 aromatic heterocycles. The molecule has 0 saturated carbocycles. The molecule has 0 atom stereocenters. The van der Waals surface area contributed by atoms with Crippen LogP contribution in [0.5, 0.6) is 0 Å². The van der Waals surface area contributed by atoms with Gasteiger partial charge in [0.1, 0.15) is 12.4 Å². The van der Waals surface area contributed by atoms with Crippen LogP contribution < -0.4 is 16.6 Å². The van der Waals surface area contributed by atoms with Gasteiger partial charge in [0.2, 0.25) is 5.91 Å². The Bertz CT molecular complexity index is 1350. The van der Waals surface area contributed by atoms with E-state index in [-0.39, 0.29) is 23.5 Å². The average Bonchev–Trinajstić information content (AvgIpc) is 3.32. The van der Waals surface area contributed by atoms with Crippen LogP contribution >= 0.6 is 11.3 Å². The number of benzene rings is 1. The van der Waals surface area contributed by atoms with E-state index >= 15 is 0 Å². The second kappa shape index (κ2) is 7.09. The molecule has 0 radical (unpaired) electrons. The number of nitrogens with one attached hydrogen (secondary N) is 1. The number of hydrogen-bond acceptors (Lipinski definition) is 6. The van der Waals surface area contributed by atoms with Crippen LogP contribution in [-0.4, -0.2) is 29.6 Å². The largest absolute Gasteiger partial charge is 0.332 e. The molecular formula is C18H15FN6O3S. The number of fused-ring (bicyclic) bond motifs is 1. The van der Waals surface area contributed by atoms with Crippen LogP contribution in [0, 0.1) is 5.82 Å². The number of hydrogen-bond donors (Lipinski definition) is 1. The minimum atomic E-state index is -0.527. The topological polar surface area (TPSA) is 104 Å². The van der Waals surface area contributed by atoms with Gasteiger partial charge in [-0.15, -0.1) is 11.3 Å². The highest BCUT2D eigenvalue weighted by Crippen LogP contribution is 2.25. The Morgan fingerprint density at radius 1 is 1.17 bits per heavy atom. The van der Waals surface area contributed by atoms with Gasteiger partial charge in [0, 0.05) is 25.0 Å². The molecule has 0 aliphatic heterocycles. The van der Waals surface area contributed by atoms with Crippen LogP contribution in [-0.2, 0) is 25.4 Å². The van der Waals surface area contributed by atoms with Crippen molar-refractivity contribution in [2.45, 2.75) is 6.54 Å². The fourth-order valence-corrected chi connectivity index (χ4v) is 3.65. The first-order chi connectivity index (χ1) is 13.8. The number of aromatic nitrogens is 5. The van der Waals surface area contributed by atoms with E-state index in [1.165, 1.54) is 53.0 Å². The van der Waals surface area contributed by atoms with Gasteiger partial charge >= 0.3 is 5.69 Å². The Hall–Kier alpha value is -3.60. The standard InChI is InChI=1S/C18H15FN6O3S/c1-23-15-14(16(27)24(2)18(23)28)25(9-20-15)7-13(26)22-17-21-12(8-29-17)10-3-5-11(19)6-4-10/h3-6,8-9H,7H2,1-2H3,(H,21,22,26). The maximum absolute atomic E-state index is 13.0. The normalized spacial score (nSPS) is 11.1. The first-order valence-corrected chi connectivity index (χ1v) is 9.35. The van der Waals surface area contributed by atoms with E-state index in [0.29, 0.717) is 10.8 Å². The van der Waals surface area contributed by atoms with Crippen LogP contribution in [0.2, 0.25) is 0 Å². The third kappa shape index (κ3) is 3.36. The second-order valence-corrected chi connectivity index (χ2v) is 7.20. The summed E-state index contributed by atoms with van der Waals surface area (Å²) in [7, 11) is 2.88. The van der Waals surface area contributed by atoms with Crippen LogP contribution in [0.25, 0.3) is 22.4 Å². The molecule has 0 saturated heterocycles. The van der Waals surface area contributed by atoms with Gasteiger partial charge in [-0.05, 0) is 24.3 Å². The third-order valence-electron chi connectivity index (χ3n) is 4.42. The zero-order valence-corrected chi connectivity index (χ0v) is 16.2. The zero-order valence-electron chi connectivity index (χ0n) is 15.4. The summed E-state index contributed by atoms with van der Waals surface area (Å²) in [6.45, 7) is -0.171. The van der Waals surface area contributed by atoms with Crippen molar-refractivity contribution in [3.8, 4) is 11.3 Å². The molecule has 1 aromatic carbocycles. The monoisotopic (exact) mass is 414 g/mol. The number of rotatable bonds is 4. The van der Waals surface area contributed by atoms with Crippen molar-refractivity contribution in [3.63, 3.8) is 0 Å². The molecule has 4 aromatic rings. The lowest BCUT2D eigenvalue weighted by Gasteiger charge is -2.06. The lowest BCUT2D eigenvalue weighted by atomic mass is 10.2. The second-order valence-electron chi connectivity index (χ2n) is 6.34. The van der Waals surface area contributed by atoms with E-state index in [2.05, 4.69) is 15.3 Å². The fraction of sp³-hybridized carbons (Fsp3) is 0.167. The number of aryl methyl sites for hydroxylation is 1. The SMILES string of the molecule is Cn1c(=O)c2c(ncn2CC(=O)Nc2nc(-c3ccc(F)cc3)cs2)n(C)c1=O. The maximum Gasteiger partial charge on any atom is 0.332 e. The number of amides is 1. The van der Waals surface area contributed by atoms with Crippen LogP contribution in [0.4, 0.5) is 9.52 Å². The van der Waals surface area contributed by atoms with E-state index in [0.717, 1.165) is 10.1 Å². The Labute approximate surface area is 166 Å². The van der Waals surface area contributed by atoms with Gasteiger partial charge in [0.15, 0.2) is 16.3 Å². The van der Waals surface area contributed by atoms with Crippen molar-refractivity contribution in [1.82, 2.24) is 23.7 Å². The molecule has 29 heavy (non-hydrogen) atoms. The summed E-state index contributed by atoms with van der Waals surface area (Å²) < 4.78 is 16.7. The maximum atomic E-state index is 13.0. The van der Waals surface area contributed by atoms with Gasteiger partial charge in [0.25, 0.3) is 5.56 Å². The zero-order chi connectivity index (χ0) is 20.7. The minimum absolute atomic E-state index is 0.163. The molecule has 9 nitrogen and oxygen atoms in total. The quantitative estimate of drug-likeness (QED) is 0.543. The first-order valence-electron chi connectivity index (χ1n) is 8.47. The molecular weight excluding hydrogens is 399 g/mol. The van der Waals surface area contributed by atoms with Gasteiger partial charge in [-0.1, -0.05) is 0 Å². The van der Waals surface area contributed by atoms with Crippen molar-refractivity contribution < 1.29 is 9.18 Å². The minimum Gasteiger partial charge on any atom is -0.315 e. The molecule has 0 bridgehead atoms. The molecule has 11 heteroatoms. The summed E-state index contributed by atoms with van der Waals surface area (Å²) in [6, 6.07) is 5.89. The molecule has 0 spiro atoms. The highest BCUT2D eigenvalue weighted by molar-refractivity contribution is 7.14. The molecule has 1 N–H and O–H groups in total. The molecule has 0 aliphatic carbocycles. The third-order valence-corrected chi connectivity index (χ3v) is 5.18. The summed E-state index contributed by atoms with van der Waals surface area (Å²) in [4.78, 5) is 45.3. The number of halogens is 1. The van der Waals surface area contributed by atoms with Crippen LogP contribution in [0.3, 0.4) is 0 Å². The molecule has 3 heterocycles. The van der Waals surface area contributed by atoms with Gasteiger partial charge in [-0.2, -0.15) is 0 Å². The lowest BCUT2D eigenvalue weighted by molar-refractivity contribution is -0.116. The fourth-order valence-electron chi connectivity index (χ4n) is 2.91. The van der Waals surface area contributed by atoms with E-state index < -0.39 is 17.2 Å². The van der Waals surface area contributed by atoms with E-state index in [9.17, 15) is 18.8 Å². The summed E-state index contributed by atoms with van der Waals surface area (Å²) in [5.41, 5.74) is 0.694. The number of nitrogens with zero attached hydrogens (tertiary/aromatic N) is 5. The van der Waals surface area contributed by atoms with E-state index in [1.54, 1.807) is 17.5 Å². The average molecular weight is 414 g/mol. The summed E-state index contributed by atoms with van der Waals surface area (Å²) >= 11 is 1.23. The predicted molar refractivity (Wildman–Crippen MR) is 106 cm³/mol.